The number of hydrogen-bond acceptors (Lipinski definition) is 3. The number of rotatable bonds is 1. The molecule has 0 saturated carbocycles. The van der Waals surface area contributed by atoms with Gasteiger partial charge >= 0.3 is 5.69 Å². The molecule has 16 heavy (non-hydrogen) atoms. The van der Waals surface area contributed by atoms with Crippen molar-refractivity contribution in [2.45, 2.75) is 0 Å². The molecule has 84 valence electrons. The first-order chi connectivity index (χ1) is 7.18. The van der Waals surface area contributed by atoms with Gasteiger partial charge in [0.25, 0.3) is 0 Å². The van der Waals surface area contributed by atoms with Gasteiger partial charge in [-0.3, -0.25) is 4.98 Å². The maximum absolute atomic E-state index is 10.9. The number of aromatic amines is 1. The van der Waals surface area contributed by atoms with Gasteiger partial charge in [0.15, 0.2) is 0 Å². The van der Waals surface area contributed by atoms with E-state index < -0.39 is 5.69 Å². The smallest absolute Gasteiger partial charge is 0.346 e. The second-order valence-electron chi connectivity index (χ2n) is 3.00. The number of hydrogen-bond donors (Lipinski definition) is 2. The highest BCUT2D eigenvalue weighted by Crippen LogP contribution is 2.29. The van der Waals surface area contributed by atoms with E-state index in [4.69, 9.17) is 17.3 Å². The van der Waals surface area contributed by atoms with Gasteiger partial charge in [-0.15, -0.1) is 12.4 Å². The molecule has 6 heteroatoms. The third kappa shape index (κ3) is 2.35. The van der Waals surface area contributed by atoms with Crippen LogP contribution in [0, 0.1) is 0 Å². The van der Waals surface area contributed by atoms with Crippen LogP contribution >= 0.6 is 24.0 Å². The van der Waals surface area contributed by atoms with Crippen LogP contribution in [0.1, 0.15) is 0 Å². The van der Waals surface area contributed by atoms with Crippen LogP contribution in [0.2, 0.25) is 5.02 Å². The molecular formula is C10H9Cl2N3O. The number of H-pyrrole nitrogens is 1. The lowest BCUT2D eigenvalue weighted by Gasteiger charge is -2.05. The number of halogens is 2. The molecule has 0 radical (unpaired) electrons. The molecule has 0 amide bonds. The molecule has 0 aliphatic rings. The van der Waals surface area contributed by atoms with Crippen LogP contribution in [0.4, 0.5) is 5.82 Å². The van der Waals surface area contributed by atoms with Gasteiger partial charge in [0.1, 0.15) is 5.82 Å². The van der Waals surface area contributed by atoms with E-state index in [9.17, 15) is 4.79 Å². The predicted octanol–water partition coefficient (Wildman–Crippen LogP) is 2.09. The van der Waals surface area contributed by atoms with Gasteiger partial charge in [-0.1, -0.05) is 29.8 Å². The fourth-order valence-electron chi connectivity index (χ4n) is 1.30. The van der Waals surface area contributed by atoms with E-state index >= 15 is 0 Å². The van der Waals surface area contributed by atoms with Crippen molar-refractivity contribution >= 4 is 29.8 Å². The van der Waals surface area contributed by atoms with Crippen LogP contribution in [0.3, 0.4) is 0 Å². The zero-order valence-corrected chi connectivity index (χ0v) is 9.68. The van der Waals surface area contributed by atoms with E-state index in [1.54, 1.807) is 6.07 Å². The Balaban J connectivity index is 0.00000128. The normalized spacial score (nSPS) is 9.56. The molecule has 0 saturated heterocycles. The molecule has 1 heterocycles. The van der Waals surface area contributed by atoms with Crippen LogP contribution in [0.15, 0.2) is 35.3 Å². The van der Waals surface area contributed by atoms with E-state index in [0.29, 0.717) is 10.6 Å². The van der Waals surface area contributed by atoms with E-state index in [1.807, 2.05) is 18.2 Å². The van der Waals surface area contributed by atoms with E-state index in [1.165, 1.54) is 6.20 Å². The van der Waals surface area contributed by atoms with E-state index in [0.717, 1.165) is 5.56 Å². The average molecular weight is 258 g/mol. The Hall–Kier alpha value is -1.52. The van der Waals surface area contributed by atoms with Crippen molar-refractivity contribution in [2.75, 3.05) is 5.73 Å². The number of benzene rings is 1. The highest BCUT2D eigenvalue weighted by Gasteiger charge is 2.07. The van der Waals surface area contributed by atoms with Gasteiger partial charge in [-0.25, -0.2) is 9.78 Å². The van der Waals surface area contributed by atoms with Crippen molar-refractivity contribution in [3.8, 4) is 11.1 Å². The molecule has 4 nitrogen and oxygen atoms in total. The minimum absolute atomic E-state index is 0. The van der Waals surface area contributed by atoms with Crippen molar-refractivity contribution < 1.29 is 0 Å². The first kappa shape index (κ1) is 12.5. The number of nitrogen functional groups attached to an aromatic ring is 1. The third-order valence-electron chi connectivity index (χ3n) is 2.01. The monoisotopic (exact) mass is 257 g/mol. The minimum atomic E-state index is -0.469. The highest BCUT2D eigenvalue weighted by atomic mass is 35.5. The average Bonchev–Trinajstić information content (AvgIpc) is 2.20. The van der Waals surface area contributed by atoms with Crippen molar-refractivity contribution in [3.05, 3.63) is 46.0 Å². The molecule has 2 rings (SSSR count). The van der Waals surface area contributed by atoms with Gasteiger partial charge in [0, 0.05) is 22.3 Å². The summed E-state index contributed by atoms with van der Waals surface area (Å²) in [4.78, 5) is 16.9. The number of aromatic nitrogens is 2. The fraction of sp³-hybridized carbons (Fsp3) is 0. The molecule has 0 bridgehead atoms. The van der Waals surface area contributed by atoms with E-state index in [-0.39, 0.29) is 18.2 Å². The Morgan fingerprint density at radius 2 is 1.94 bits per heavy atom. The zero-order chi connectivity index (χ0) is 10.8. The van der Waals surface area contributed by atoms with Gasteiger partial charge in [0.05, 0.1) is 0 Å². The van der Waals surface area contributed by atoms with Crippen LogP contribution in [0.5, 0.6) is 0 Å². The summed E-state index contributed by atoms with van der Waals surface area (Å²) in [5, 5.41) is 0.568. The van der Waals surface area contributed by atoms with Crippen LogP contribution in [-0.4, -0.2) is 9.97 Å². The van der Waals surface area contributed by atoms with Crippen molar-refractivity contribution in [3.63, 3.8) is 0 Å². The van der Waals surface area contributed by atoms with Crippen LogP contribution < -0.4 is 11.4 Å². The molecule has 3 N–H and O–H groups in total. The second-order valence-corrected chi connectivity index (χ2v) is 3.40. The van der Waals surface area contributed by atoms with Gasteiger partial charge in [-0.2, -0.15) is 0 Å². The SMILES string of the molecule is Cl.Nc1[nH]c(=O)ncc1-c1ccccc1Cl. The number of nitrogens with two attached hydrogens (primary N) is 1. The molecule has 0 unspecified atom stereocenters. The first-order valence-corrected chi connectivity index (χ1v) is 4.66. The fourth-order valence-corrected chi connectivity index (χ4v) is 1.54. The first-order valence-electron chi connectivity index (χ1n) is 4.28. The summed E-state index contributed by atoms with van der Waals surface area (Å²) in [6.07, 6.45) is 1.41. The molecule has 2 aromatic rings. The zero-order valence-electron chi connectivity index (χ0n) is 8.11. The van der Waals surface area contributed by atoms with Gasteiger partial charge in [-0.05, 0) is 6.07 Å². The highest BCUT2D eigenvalue weighted by molar-refractivity contribution is 6.33. The maximum atomic E-state index is 10.9. The Bertz CT molecular complexity index is 554. The standard InChI is InChI=1S/C10H8ClN3O.ClH/c11-8-4-2-1-3-6(8)7-5-13-10(15)14-9(7)12;/h1-5H,(H3,12,13,14,15);1H. The summed E-state index contributed by atoms with van der Waals surface area (Å²) < 4.78 is 0. The number of nitrogens with one attached hydrogen (secondary N) is 1. The number of nitrogens with zero attached hydrogens (tertiary/aromatic N) is 1. The van der Waals surface area contributed by atoms with E-state index in [2.05, 4.69) is 9.97 Å². The molecule has 0 spiro atoms. The quantitative estimate of drug-likeness (QED) is 0.822. The summed E-state index contributed by atoms with van der Waals surface area (Å²) in [7, 11) is 0. The molecule has 0 aliphatic heterocycles. The largest absolute Gasteiger partial charge is 0.385 e. The summed E-state index contributed by atoms with van der Waals surface area (Å²) in [5.74, 6) is 0.267. The topological polar surface area (TPSA) is 71.8 Å². The third-order valence-corrected chi connectivity index (χ3v) is 2.34. The summed E-state index contributed by atoms with van der Waals surface area (Å²) in [5.41, 5.74) is 6.57. The molecule has 0 atom stereocenters. The minimum Gasteiger partial charge on any atom is -0.385 e. The Labute approximate surface area is 103 Å². The molecule has 1 aromatic carbocycles. The maximum Gasteiger partial charge on any atom is 0.346 e. The molecule has 0 fully saturated rings. The summed E-state index contributed by atoms with van der Waals surface area (Å²) in [6.45, 7) is 0. The van der Waals surface area contributed by atoms with Crippen LogP contribution in [-0.2, 0) is 0 Å². The molecular weight excluding hydrogens is 249 g/mol. The van der Waals surface area contributed by atoms with Crippen molar-refractivity contribution in [2.24, 2.45) is 0 Å². The lowest BCUT2D eigenvalue weighted by atomic mass is 10.1. The van der Waals surface area contributed by atoms with Crippen molar-refractivity contribution in [1.82, 2.24) is 9.97 Å². The summed E-state index contributed by atoms with van der Waals surface area (Å²) >= 11 is 6.00. The predicted molar refractivity (Wildman–Crippen MR) is 67.0 cm³/mol. The second kappa shape index (κ2) is 5.01. The molecule has 1 aromatic heterocycles. The Kier molecular flexibility index (Phi) is 3.93. The summed E-state index contributed by atoms with van der Waals surface area (Å²) in [6, 6.07) is 7.22. The Morgan fingerprint density at radius 3 is 2.56 bits per heavy atom. The lowest BCUT2D eigenvalue weighted by molar-refractivity contribution is 1.09. The Morgan fingerprint density at radius 1 is 1.25 bits per heavy atom. The van der Waals surface area contributed by atoms with Crippen molar-refractivity contribution in [1.29, 1.82) is 0 Å². The van der Waals surface area contributed by atoms with Crippen LogP contribution in [0.25, 0.3) is 11.1 Å². The number of anilines is 1. The molecule has 0 aliphatic carbocycles. The van der Waals surface area contributed by atoms with Gasteiger partial charge in [0.2, 0.25) is 0 Å². The van der Waals surface area contributed by atoms with Gasteiger partial charge < -0.3 is 5.73 Å². The lowest BCUT2D eigenvalue weighted by Crippen LogP contribution is -2.12.